The van der Waals surface area contributed by atoms with Gasteiger partial charge in [-0.1, -0.05) is 18.2 Å². The number of hydrogen-bond acceptors (Lipinski definition) is 3. The summed E-state index contributed by atoms with van der Waals surface area (Å²) in [6.45, 7) is 2.83. The summed E-state index contributed by atoms with van der Waals surface area (Å²) in [5.41, 5.74) is 2.56. The highest BCUT2D eigenvalue weighted by Gasteiger charge is 2.25. The van der Waals surface area contributed by atoms with E-state index >= 15 is 0 Å². The van der Waals surface area contributed by atoms with Gasteiger partial charge >= 0.3 is 0 Å². The topological polar surface area (TPSA) is 96.0 Å². The number of carbonyl (C=O) groups excluding carboxylic acids is 2. The summed E-state index contributed by atoms with van der Waals surface area (Å²) in [7, 11) is 0. The van der Waals surface area contributed by atoms with Crippen molar-refractivity contribution >= 4 is 22.7 Å². The summed E-state index contributed by atoms with van der Waals surface area (Å²) in [6.07, 6.45) is 6.68. The maximum absolute atomic E-state index is 13.0. The van der Waals surface area contributed by atoms with E-state index in [4.69, 9.17) is 0 Å². The highest BCUT2D eigenvalue weighted by molar-refractivity contribution is 5.98. The number of aryl methyl sites for hydroxylation is 3. The van der Waals surface area contributed by atoms with Crippen molar-refractivity contribution in [3.63, 3.8) is 0 Å². The van der Waals surface area contributed by atoms with Crippen LogP contribution >= 0.6 is 0 Å². The van der Waals surface area contributed by atoms with Gasteiger partial charge in [0.15, 0.2) is 0 Å². The predicted molar refractivity (Wildman–Crippen MR) is 116 cm³/mol. The number of benzene rings is 1. The molecule has 2 amide bonds. The van der Waals surface area contributed by atoms with Crippen molar-refractivity contribution in [3.05, 3.63) is 69.8 Å². The van der Waals surface area contributed by atoms with Crippen LogP contribution < -0.4 is 16.2 Å². The highest BCUT2D eigenvalue weighted by atomic mass is 16.2. The molecule has 7 heteroatoms. The summed E-state index contributed by atoms with van der Waals surface area (Å²) in [6, 6.07) is 9.21. The van der Waals surface area contributed by atoms with Gasteiger partial charge in [-0.15, -0.1) is 0 Å². The highest BCUT2D eigenvalue weighted by Crippen LogP contribution is 2.18. The minimum absolute atomic E-state index is 0.105. The Kier molecular flexibility index (Phi) is 5.70. The van der Waals surface area contributed by atoms with Crippen molar-refractivity contribution in [2.75, 3.05) is 6.54 Å². The van der Waals surface area contributed by atoms with Crippen molar-refractivity contribution < 1.29 is 9.59 Å². The van der Waals surface area contributed by atoms with Crippen LogP contribution in [0.4, 0.5) is 0 Å². The van der Waals surface area contributed by atoms with Gasteiger partial charge in [0.1, 0.15) is 11.6 Å². The minimum Gasteiger partial charge on any atom is -0.361 e. The molecule has 0 spiro atoms. The van der Waals surface area contributed by atoms with Gasteiger partial charge < -0.3 is 20.2 Å². The molecule has 1 aliphatic rings. The third-order valence-electron chi connectivity index (χ3n) is 5.74. The molecule has 156 valence electrons. The molecule has 0 bridgehead atoms. The molecule has 1 atom stereocenters. The van der Waals surface area contributed by atoms with Crippen LogP contribution in [0, 0.1) is 6.92 Å². The molecule has 1 aromatic carbocycles. The first-order valence-corrected chi connectivity index (χ1v) is 10.4. The van der Waals surface area contributed by atoms with Gasteiger partial charge in [0, 0.05) is 36.4 Å². The number of rotatable bonds is 5. The normalized spacial score (nSPS) is 16.8. The van der Waals surface area contributed by atoms with Gasteiger partial charge in [-0.25, -0.2) is 0 Å². The van der Waals surface area contributed by atoms with Crippen LogP contribution in [0.15, 0.2) is 47.5 Å². The van der Waals surface area contributed by atoms with Gasteiger partial charge in [0.2, 0.25) is 5.91 Å². The smallest absolute Gasteiger partial charge is 0.263 e. The first-order chi connectivity index (χ1) is 14.5. The predicted octanol–water partition coefficient (Wildman–Crippen LogP) is 2.28. The van der Waals surface area contributed by atoms with E-state index < -0.39 is 11.9 Å². The van der Waals surface area contributed by atoms with Crippen LogP contribution in [0.2, 0.25) is 0 Å². The molecule has 2 aromatic heterocycles. The molecule has 0 aliphatic carbocycles. The number of aromatic nitrogens is 2. The van der Waals surface area contributed by atoms with E-state index in [0.717, 1.165) is 29.3 Å². The number of fused-ring (bicyclic) bond motifs is 1. The van der Waals surface area contributed by atoms with Crippen molar-refractivity contribution in [3.8, 4) is 0 Å². The Labute approximate surface area is 174 Å². The van der Waals surface area contributed by atoms with Crippen LogP contribution in [0.5, 0.6) is 0 Å². The molecule has 30 heavy (non-hydrogen) atoms. The van der Waals surface area contributed by atoms with E-state index in [1.165, 1.54) is 0 Å². The first-order valence-electron chi connectivity index (χ1n) is 10.4. The zero-order chi connectivity index (χ0) is 21.1. The molecule has 3 N–H and O–H groups in total. The Balaban J connectivity index is 1.53. The van der Waals surface area contributed by atoms with Gasteiger partial charge in [-0.05, 0) is 55.9 Å². The van der Waals surface area contributed by atoms with Gasteiger partial charge in [0.05, 0.1) is 0 Å². The molecule has 3 aromatic rings. The molecule has 0 radical (unpaired) electrons. The Morgan fingerprint density at radius 2 is 2.03 bits per heavy atom. The molecular formula is C23H26N4O3. The lowest BCUT2D eigenvalue weighted by atomic mass is 10.1. The standard InChI is InChI=1S/C23H26N4O3/c1-15-9-12-27(13-10-16-14-25-18-7-3-2-6-17(16)18)23(30)20(15)22(29)26-19-8-4-5-11-24-21(19)28/h2-3,6-7,9,12,14,19,25H,4-5,8,10-11,13H2,1H3,(H,24,28)(H,26,29). The summed E-state index contributed by atoms with van der Waals surface area (Å²) < 4.78 is 1.57. The van der Waals surface area contributed by atoms with Gasteiger partial charge in [-0.2, -0.15) is 0 Å². The van der Waals surface area contributed by atoms with E-state index in [1.807, 2.05) is 24.4 Å². The molecule has 3 heterocycles. The van der Waals surface area contributed by atoms with Crippen molar-refractivity contribution in [1.29, 1.82) is 0 Å². The first kappa shape index (κ1) is 19.9. The van der Waals surface area contributed by atoms with Gasteiger partial charge in [-0.3, -0.25) is 14.4 Å². The average molecular weight is 406 g/mol. The second-order valence-corrected chi connectivity index (χ2v) is 7.79. The summed E-state index contributed by atoms with van der Waals surface area (Å²) in [4.78, 5) is 41.3. The van der Waals surface area contributed by atoms with E-state index in [2.05, 4.69) is 21.7 Å². The fourth-order valence-electron chi connectivity index (χ4n) is 4.00. The number of carbonyl (C=O) groups is 2. The molecule has 4 rings (SSSR count). The number of amides is 2. The number of pyridine rings is 1. The van der Waals surface area contributed by atoms with Crippen LogP contribution in [-0.2, 0) is 17.8 Å². The average Bonchev–Trinajstić information content (AvgIpc) is 3.04. The Hall–Kier alpha value is -3.35. The molecule has 1 fully saturated rings. The van der Waals surface area contributed by atoms with Crippen LogP contribution in [0.25, 0.3) is 10.9 Å². The number of nitrogens with zero attached hydrogens (tertiary/aromatic N) is 1. The van der Waals surface area contributed by atoms with Crippen molar-refractivity contribution in [2.24, 2.45) is 0 Å². The lowest BCUT2D eigenvalue weighted by Gasteiger charge is -2.16. The van der Waals surface area contributed by atoms with E-state index in [-0.39, 0.29) is 17.0 Å². The molecule has 1 aliphatic heterocycles. The fourth-order valence-corrected chi connectivity index (χ4v) is 4.00. The summed E-state index contributed by atoms with van der Waals surface area (Å²) in [5, 5.41) is 6.70. The number of hydrogen-bond donors (Lipinski definition) is 3. The number of nitrogens with one attached hydrogen (secondary N) is 3. The Bertz CT molecular complexity index is 1140. The lowest BCUT2D eigenvalue weighted by molar-refractivity contribution is -0.122. The SMILES string of the molecule is Cc1ccn(CCc2c[nH]c3ccccc23)c(=O)c1C(=O)NC1CCCCNC1=O. The molecular weight excluding hydrogens is 380 g/mol. The van der Waals surface area contributed by atoms with Crippen LogP contribution in [0.1, 0.15) is 40.7 Å². The van der Waals surface area contributed by atoms with Crippen molar-refractivity contribution in [1.82, 2.24) is 20.2 Å². The van der Waals surface area contributed by atoms with E-state index in [0.29, 0.717) is 31.5 Å². The van der Waals surface area contributed by atoms with Crippen LogP contribution in [0.3, 0.4) is 0 Å². The van der Waals surface area contributed by atoms with E-state index in [9.17, 15) is 14.4 Å². The monoisotopic (exact) mass is 406 g/mol. The quantitative estimate of drug-likeness (QED) is 0.607. The molecule has 0 saturated carbocycles. The Morgan fingerprint density at radius 1 is 1.20 bits per heavy atom. The minimum atomic E-state index is -0.598. The Morgan fingerprint density at radius 3 is 2.90 bits per heavy atom. The third kappa shape index (κ3) is 4.01. The molecule has 1 saturated heterocycles. The number of H-pyrrole nitrogens is 1. The van der Waals surface area contributed by atoms with Gasteiger partial charge in [0.25, 0.3) is 11.5 Å². The van der Waals surface area contributed by atoms with Crippen LogP contribution in [-0.4, -0.2) is 34.0 Å². The number of aromatic amines is 1. The molecule has 1 unspecified atom stereocenters. The maximum Gasteiger partial charge on any atom is 0.263 e. The summed E-state index contributed by atoms with van der Waals surface area (Å²) in [5.74, 6) is -0.671. The second-order valence-electron chi connectivity index (χ2n) is 7.79. The zero-order valence-electron chi connectivity index (χ0n) is 17.0. The van der Waals surface area contributed by atoms with E-state index in [1.54, 1.807) is 23.8 Å². The second kappa shape index (κ2) is 8.57. The third-order valence-corrected chi connectivity index (χ3v) is 5.74. The maximum atomic E-state index is 13.0. The lowest BCUT2D eigenvalue weighted by Crippen LogP contribution is -2.47. The summed E-state index contributed by atoms with van der Waals surface area (Å²) >= 11 is 0. The fraction of sp³-hybridized carbons (Fsp3) is 0.348. The zero-order valence-corrected chi connectivity index (χ0v) is 17.0. The van der Waals surface area contributed by atoms with Crippen molar-refractivity contribution in [2.45, 2.75) is 45.2 Å². The molecule has 7 nitrogen and oxygen atoms in total. The number of para-hydroxylation sites is 1. The largest absolute Gasteiger partial charge is 0.361 e.